The molecule has 2 nitrogen and oxygen atoms in total. The average molecular weight is 506 g/mol. The number of hydrogen-bond acceptors (Lipinski definition) is 2. The maximum atomic E-state index is 14.8. The summed E-state index contributed by atoms with van der Waals surface area (Å²) in [6.07, 6.45) is 1.62. The standard InChI is InChI=1S/C28H24F6O2/c1-3-15-9-11-19(25(32)23(15)30)20-12-13-21(27(34)26(20)33)36-28(35)17-7-5-16(6-8-17)18-10-4-14(2)22(29)24(18)31/h4,9-13,16-17H,3,5-8H2,1-2H3. The summed E-state index contributed by atoms with van der Waals surface area (Å²) in [7, 11) is 0. The SMILES string of the molecule is CCc1ccc(-c2ccc(OC(=O)C3CCC(c4ccc(C)c(F)c4F)CC3)c(F)c2F)c(F)c1F. The molecule has 1 fully saturated rings. The highest BCUT2D eigenvalue weighted by atomic mass is 19.2. The topological polar surface area (TPSA) is 26.3 Å². The second kappa shape index (κ2) is 10.4. The number of rotatable bonds is 5. The number of benzene rings is 3. The first kappa shape index (κ1) is 25.8. The maximum Gasteiger partial charge on any atom is 0.314 e. The largest absolute Gasteiger partial charge is 0.423 e. The monoisotopic (exact) mass is 506 g/mol. The van der Waals surface area contributed by atoms with Crippen molar-refractivity contribution in [2.24, 2.45) is 5.92 Å². The molecule has 36 heavy (non-hydrogen) atoms. The summed E-state index contributed by atoms with van der Waals surface area (Å²) in [5.41, 5.74) is -0.382. The molecule has 8 heteroatoms. The van der Waals surface area contributed by atoms with Crippen molar-refractivity contribution in [3.8, 4) is 16.9 Å². The van der Waals surface area contributed by atoms with Gasteiger partial charge in [0.2, 0.25) is 5.82 Å². The molecule has 3 aromatic rings. The van der Waals surface area contributed by atoms with Crippen LogP contribution in [0.5, 0.6) is 5.75 Å². The zero-order chi connectivity index (χ0) is 26.1. The first-order valence-corrected chi connectivity index (χ1v) is 11.7. The summed E-state index contributed by atoms with van der Waals surface area (Å²) in [5, 5.41) is 0. The average Bonchev–Trinajstić information content (AvgIpc) is 2.88. The number of esters is 1. The van der Waals surface area contributed by atoms with Crippen molar-refractivity contribution < 1.29 is 35.9 Å². The second-order valence-corrected chi connectivity index (χ2v) is 9.06. The summed E-state index contributed by atoms with van der Waals surface area (Å²) in [6.45, 7) is 3.11. The molecule has 1 aliphatic rings. The predicted octanol–water partition coefficient (Wildman–Crippen LogP) is 7.94. The summed E-state index contributed by atoms with van der Waals surface area (Å²) in [6, 6.07) is 7.53. The van der Waals surface area contributed by atoms with Gasteiger partial charge in [-0.05, 0) is 73.8 Å². The normalized spacial score (nSPS) is 17.8. The summed E-state index contributed by atoms with van der Waals surface area (Å²) >= 11 is 0. The molecule has 0 spiro atoms. The highest BCUT2D eigenvalue weighted by Gasteiger charge is 2.31. The van der Waals surface area contributed by atoms with E-state index in [1.54, 1.807) is 13.0 Å². The van der Waals surface area contributed by atoms with Gasteiger partial charge in [0.15, 0.2) is 34.8 Å². The molecule has 4 rings (SSSR count). The lowest BCUT2D eigenvalue weighted by Gasteiger charge is -2.28. The third-order valence-corrected chi connectivity index (χ3v) is 6.90. The first-order valence-electron chi connectivity index (χ1n) is 11.7. The van der Waals surface area contributed by atoms with Crippen LogP contribution in [0.4, 0.5) is 26.3 Å². The highest BCUT2D eigenvalue weighted by molar-refractivity contribution is 5.76. The Kier molecular flexibility index (Phi) is 7.43. The number of ether oxygens (including phenoxy) is 1. The molecule has 0 atom stereocenters. The van der Waals surface area contributed by atoms with Gasteiger partial charge in [0, 0.05) is 11.1 Å². The van der Waals surface area contributed by atoms with Gasteiger partial charge in [-0.25, -0.2) is 22.0 Å². The number of carbonyl (C=O) groups excluding carboxylic acids is 1. The van der Waals surface area contributed by atoms with E-state index in [0.29, 0.717) is 25.7 Å². The lowest BCUT2D eigenvalue weighted by molar-refractivity contribution is -0.140. The molecule has 0 N–H and O–H groups in total. The van der Waals surface area contributed by atoms with Crippen LogP contribution in [0.15, 0.2) is 36.4 Å². The molecule has 190 valence electrons. The molecule has 1 saturated carbocycles. The van der Waals surface area contributed by atoms with Crippen LogP contribution in [0.25, 0.3) is 11.1 Å². The Morgan fingerprint density at radius 1 is 0.750 bits per heavy atom. The van der Waals surface area contributed by atoms with Crippen LogP contribution >= 0.6 is 0 Å². The third kappa shape index (κ3) is 4.73. The van der Waals surface area contributed by atoms with Crippen LogP contribution in [0, 0.1) is 47.7 Å². The van der Waals surface area contributed by atoms with Gasteiger partial charge in [0.1, 0.15) is 0 Å². The third-order valence-electron chi connectivity index (χ3n) is 6.90. The van der Waals surface area contributed by atoms with Gasteiger partial charge in [0.05, 0.1) is 5.92 Å². The fraction of sp³-hybridized carbons (Fsp3) is 0.321. The molecule has 0 bridgehead atoms. The van der Waals surface area contributed by atoms with E-state index < -0.39 is 63.7 Å². The van der Waals surface area contributed by atoms with Crippen LogP contribution in [0.3, 0.4) is 0 Å². The van der Waals surface area contributed by atoms with Crippen LogP contribution in [-0.4, -0.2) is 5.97 Å². The van der Waals surface area contributed by atoms with E-state index in [2.05, 4.69) is 0 Å². The van der Waals surface area contributed by atoms with E-state index in [1.807, 2.05) is 0 Å². The van der Waals surface area contributed by atoms with Crippen molar-refractivity contribution in [3.05, 3.63) is 88.0 Å². The summed E-state index contributed by atoms with van der Waals surface area (Å²) in [4.78, 5) is 12.6. The van der Waals surface area contributed by atoms with E-state index >= 15 is 0 Å². The molecule has 1 aliphatic carbocycles. The molecule has 0 aliphatic heterocycles. The number of hydrogen-bond donors (Lipinski definition) is 0. The van der Waals surface area contributed by atoms with Gasteiger partial charge >= 0.3 is 5.97 Å². The van der Waals surface area contributed by atoms with Crippen LogP contribution < -0.4 is 4.74 Å². The lowest BCUT2D eigenvalue weighted by atomic mass is 9.78. The molecule has 3 aromatic carbocycles. The highest BCUT2D eigenvalue weighted by Crippen LogP contribution is 2.39. The van der Waals surface area contributed by atoms with Gasteiger partial charge in [-0.2, -0.15) is 4.39 Å². The zero-order valence-electron chi connectivity index (χ0n) is 19.7. The lowest BCUT2D eigenvalue weighted by Crippen LogP contribution is -2.26. The number of carbonyl (C=O) groups is 1. The Morgan fingerprint density at radius 3 is 2.00 bits per heavy atom. The molecule has 0 aromatic heterocycles. The van der Waals surface area contributed by atoms with Crippen LogP contribution in [-0.2, 0) is 11.2 Å². The quantitative estimate of drug-likeness (QED) is 0.200. The summed E-state index contributed by atoms with van der Waals surface area (Å²) in [5.74, 6) is -9.51. The van der Waals surface area contributed by atoms with Crippen LogP contribution in [0.1, 0.15) is 55.2 Å². The molecule has 0 radical (unpaired) electrons. The maximum absolute atomic E-state index is 14.8. The van der Waals surface area contributed by atoms with E-state index in [0.717, 1.165) is 12.1 Å². The van der Waals surface area contributed by atoms with Crippen LogP contribution in [0.2, 0.25) is 0 Å². The Morgan fingerprint density at radius 2 is 1.36 bits per heavy atom. The Balaban J connectivity index is 1.46. The minimum absolute atomic E-state index is 0.104. The molecular formula is C28H24F6O2. The van der Waals surface area contributed by atoms with E-state index in [9.17, 15) is 31.1 Å². The summed E-state index contributed by atoms with van der Waals surface area (Å²) < 4.78 is 91.4. The van der Waals surface area contributed by atoms with Crippen molar-refractivity contribution >= 4 is 5.97 Å². The zero-order valence-corrected chi connectivity index (χ0v) is 19.7. The van der Waals surface area contributed by atoms with Crippen molar-refractivity contribution in [2.45, 2.75) is 51.9 Å². The fourth-order valence-electron chi connectivity index (χ4n) is 4.70. The van der Waals surface area contributed by atoms with Crippen molar-refractivity contribution in [1.29, 1.82) is 0 Å². The Labute approximate surface area is 204 Å². The minimum Gasteiger partial charge on any atom is -0.423 e. The molecule has 0 heterocycles. The predicted molar refractivity (Wildman–Crippen MR) is 123 cm³/mol. The molecular weight excluding hydrogens is 482 g/mol. The van der Waals surface area contributed by atoms with Gasteiger partial charge in [0.25, 0.3) is 0 Å². The van der Waals surface area contributed by atoms with Gasteiger partial charge in [-0.3, -0.25) is 4.79 Å². The second-order valence-electron chi connectivity index (χ2n) is 9.06. The molecule has 0 unspecified atom stereocenters. The minimum atomic E-state index is -1.49. The fourth-order valence-corrected chi connectivity index (χ4v) is 4.70. The Bertz CT molecular complexity index is 1310. The van der Waals surface area contributed by atoms with Gasteiger partial charge in [-0.1, -0.05) is 31.2 Å². The van der Waals surface area contributed by atoms with Crippen molar-refractivity contribution in [2.75, 3.05) is 0 Å². The first-order chi connectivity index (χ1) is 17.1. The van der Waals surface area contributed by atoms with E-state index in [-0.39, 0.29) is 29.0 Å². The molecule has 0 amide bonds. The molecule has 0 saturated heterocycles. The Hall–Kier alpha value is -3.29. The smallest absolute Gasteiger partial charge is 0.314 e. The number of halogens is 6. The van der Waals surface area contributed by atoms with E-state index in [1.165, 1.54) is 25.1 Å². The number of aryl methyl sites for hydroxylation is 2. The van der Waals surface area contributed by atoms with E-state index in [4.69, 9.17) is 4.74 Å². The van der Waals surface area contributed by atoms with Crippen molar-refractivity contribution in [1.82, 2.24) is 0 Å². The van der Waals surface area contributed by atoms with Gasteiger partial charge in [-0.15, -0.1) is 0 Å². The van der Waals surface area contributed by atoms with Crippen molar-refractivity contribution in [3.63, 3.8) is 0 Å². The van der Waals surface area contributed by atoms with Gasteiger partial charge < -0.3 is 4.74 Å².